The Morgan fingerprint density at radius 2 is 1.73 bits per heavy atom. The summed E-state index contributed by atoms with van der Waals surface area (Å²) in [7, 11) is 0. The van der Waals surface area contributed by atoms with E-state index in [2.05, 4.69) is 0 Å². The number of rotatable bonds is 2. The Bertz CT molecular complexity index is 359. The third-order valence-corrected chi connectivity index (χ3v) is 1.94. The lowest BCUT2D eigenvalue weighted by molar-refractivity contribution is -0.384. The first-order chi connectivity index (χ1) is 6.82. The molecule has 0 aromatic heterocycles. The van der Waals surface area contributed by atoms with Crippen LogP contribution in [0.2, 0.25) is 0 Å². The van der Waals surface area contributed by atoms with Crippen LogP contribution in [0.5, 0.6) is 0 Å². The summed E-state index contributed by atoms with van der Waals surface area (Å²) in [5, 5.41) is 10.3. The van der Waals surface area contributed by atoms with E-state index in [-0.39, 0.29) is 11.3 Å². The molecule has 0 amide bonds. The third kappa shape index (κ3) is 2.68. The summed E-state index contributed by atoms with van der Waals surface area (Å²) >= 11 is 0. The van der Waals surface area contributed by atoms with E-state index >= 15 is 0 Å². The molecule has 81 valence electrons. The Kier molecular flexibility index (Phi) is 2.97. The van der Waals surface area contributed by atoms with E-state index in [1.807, 2.05) is 0 Å². The molecular weight excluding hydrogens is 211 g/mol. The van der Waals surface area contributed by atoms with E-state index in [4.69, 9.17) is 0 Å². The van der Waals surface area contributed by atoms with E-state index in [9.17, 15) is 23.3 Å². The monoisotopic (exact) mass is 218 g/mol. The fourth-order valence-electron chi connectivity index (χ4n) is 0.997. The molecule has 0 fully saturated rings. The van der Waals surface area contributed by atoms with Crippen molar-refractivity contribution in [3.05, 3.63) is 45.9 Å². The van der Waals surface area contributed by atoms with Gasteiger partial charge in [-0.15, -0.1) is 0 Å². The fraction of sp³-hybridized carbons (Fsp3) is 0.222. The van der Waals surface area contributed by atoms with Crippen molar-refractivity contribution in [2.45, 2.75) is 13.1 Å². The summed E-state index contributed by atoms with van der Waals surface area (Å²) in [5.41, 5.74) is -0.290. The van der Waals surface area contributed by atoms with Crippen LogP contribution in [0.3, 0.4) is 0 Å². The third-order valence-electron chi connectivity index (χ3n) is 1.94. The molecule has 0 unspecified atom stereocenters. The Balaban J connectivity index is 2.94. The molecule has 0 aliphatic heterocycles. The lowest BCUT2D eigenvalue weighted by Gasteiger charge is -2.14. The standard InChI is InChI=1S/C9H7F3NO2/c1-6(9(10,11)12)7-2-4-8(5-3-7)13(14)15/h2-5H,1H3. The van der Waals surface area contributed by atoms with Gasteiger partial charge in [-0.05, 0) is 12.5 Å². The van der Waals surface area contributed by atoms with Crippen LogP contribution in [-0.4, -0.2) is 11.1 Å². The van der Waals surface area contributed by atoms with Gasteiger partial charge in [0.1, 0.15) is 5.92 Å². The van der Waals surface area contributed by atoms with Crippen LogP contribution in [0.15, 0.2) is 24.3 Å². The summed E-state index contributed by atoms with van der Waals surface area (Å²) in [4.78, 5) is 9.60. The van der Waals surface area contributed by atoms with Gasteiger partial charge >= 0.3 is 6.18 Å². The number of nitrogens with zero attached hydrogens (tertiary/aromatic N) is 1. The highest BCUT2D eigenvalue weighted by Crippen LogP contribution is 2.33. The number of hydrogen-bond donors (Lipinski definition) is 0. The van der Waals surface area contributed by atoms with Gasteiger partial charge in [-0.2, -0.15) is 13.2 Å². The number of non-ortho nitro benzene ring substituents is 1. The molecule has 6 heteroatoms. The van der Waals surface area contributed by atoms with Crippen LogP contribution in [0.4, 0.5) is 18.9 Å². The number of halogens is 3. The van der Waals surface area contributed by atoms with E-state index in [1.54, 1.807) is 0 Å². The van der Waals surface area contributed by atoms with Crippen molar-refractivity contribution in [3.8, 4) is 0 Å². The van der Waals surface area contributed by atoms with Crippen molar-refractivity contribution in [1.82, 2.24) is 0 Å². The molecule has 0 N–H and O–H groups in total. The molecular formula is C9H7F3NO2. The average molecular weight is 218 g/mol. The molecule has 0 saturated carbocycles. The van der Waals surface area contributed by atoms with E-state index in [0.717, 1.165) is 31.2 Å². The van der Waals surface area contributed by atoms with Gasteiger partial charge in [-0.3, -0.25) is 10.1 Å². The summed E-state index contributed by atoms with van der Waals surface area (Å²) in [6, 6.07) is 4.26. The maximum atomic E-state index is 12.2. The molecule has 1 aromatic carbocycles. The smallest absolute Gasteiger partial charge is 0.258 e. The van der Waals surface area contributed by atoms with E-state index in [1.165, 1.54) is 0 Å². The summed E-state index contributed by atoms with van der Waals surface area (Å²) in [6.07, 6.45) is -4.41. The number of alkyl halides is 3. The Labute approximate surface area is 83.7 Å². The lowest BCUT2D eigenvalue weighted by Crippen LogP contribution is -2.18. The molecule has 0 aliphatic rings. The van der Waals surface area contributed by atoms with Gasteiger partial charge in [0.2, 0.25) is 0 Å². The summed E-state index contributed by atoms with van der Waals surface area (Å²) < 4.78 is 36.7. The van der Waals surface area contributed by atoms with E-state index in [0.29, 0.717) is 0 Å². The molecule has 3 nitrogen and oxygen atoms in total. The predicted octanol–water partition coefficient (Wildman–Crippen LogP) is 3.10. The van der Waals surface area contributed by atoms with Crippen molar-refractivity contribution in [2.75, 3.05) is 0 Å². The SMILES string of the molecule is C[C](c1ccc([N+](=O)[O-])cc1)C(F)(F)F. The first-order valence-corrected chi connectivity index (χ1v) is 3.98. The second-order valence-corrected chi connectivity index (χ2v) is 2.93. The zero-order valence-corrected chi connectivity index (χ0v) is 7.71. The van der Waals surface area contributed by atoms with Gasteiger partial charge in [0.05, 0.1) is 4.92 Å². The van der Waals surface area contributed by atoms with Crippen molar-refractivity contribution in [2.24, 2.45) is 0 Å². The summed E-state index contributed by atoms with van der Waals surface area (Å²) in [5.74, 6) is -0.766. The topological polar surface area (TPSA) is 43.1 Å². The average Bonchev–Trinajstić information content (AvgIpc) is 2.15. The Morgan fingerprint density at radius 1 is 1.27 bits per heavy atom. The Morgan fingerprint density at radius 3 is 2.07 bits per heavy atom. The first kappa shape index (κ1) is 11.5. The second-order valence-electron chi connectivity index (χ2n) is 2.93. The van der Waals surface area contributed by atoms with Gasteiger partial charge in [0.25, 0.3) is 5.69 Å². The molecule has 0 atom stereocenters. The lowest BCUT2D eigenvalue weighted by atomic mass is 10.0. The van der Waals surface area contributed by atoms with Crippen LogP contribution in [0, 0.1) is 16.0 Å². The minimum absolute atomic E-state index is 0.0619. The first-order valence-electron chi connectivity index (χ1n) is 3.98. The van der Waals surface area contributed by atoms with Crippen molar-refractivity contribution >= 4 is 5.69 Å². The van der Waals surface area contributed by atoms with Crippen molar-refractivity contribution in [3.63, 3.8) is 0 Å². The van der Waals surface area contributed by atoms with Gasteiger partial charge < -0.3 is 0 Å². The Hall–Kier alpha value is -1.59. The van der Waals surface area contributed by atoms with Crippen LogP contribution >= 0.6 is 0 Å². The maximum absolute atomic E-state index is 12.2. The molecule has 1 aromatic rings. The molecule has 0 bridgehead atoms. The second kappa shape index (κ2) is 3.88. The zero-order chi connectivity index (χ0) is 11.6. The number of hydrogen-bond acceptors (Lipinski definition) is 2. The molecule has 0 spiro atoms. The van der Waals surface area contributed by atoms with Gasteiger partial charge in [0.15, 0.2) is 0 Å². The maximum Gasteiger partial charge on any atom is 0.399 e. The van der Waals surface area contributed by atoms with Crippen LogP contribution < -0.4 is 0 Å². The number of nitro groups is 1. The number of nitro benzene ring substituents is 1. The highest BCUT2D eigenvalue weighted by molar-refractivity contribution is 5.39. The summed E-state index contributed by atoms with van der Waals surface area (Å²) in [6.45, 7) is 0.932. The van der Waals surface area contributed by atoms with Crippen LogP contribution in [-0.2, 0) is 0 Å². The molecule has 0 aliphatic carbocycles. The normalized spacial score (nSPS) is 11.8. The molecule has 1 radical (unpaired) electrons. The minimum Gasteiger partial charge on any atom is -0.258 e. The highest BCUT2D eigenvalue weighted by atomic mass is 19.4. The molecule has 1 rings (SSSR count). The number of benzene rings is 1. The molecule has 0 heterocycles. The van der Waals surface area contributed by atoms with Gasteiger partial charge in [-0.25, -0.2) is 0 Å². The zero-order valence-electron chi connectivity index (χ0n) is 7.71. The molecule has 0 saturated heterocycles. The highest BCUT2D eigenvalue weighted by Gasteiger charge is 2.37. The van der Waals surface area contributed by atoms with Crippen LogP contribution in [0.25, 0.3) is 0 Å². The van der Waals surface area contributed by atoms with Gasteiger partial charge in [0, 0.05) is 12.1 Å². The van der Waals surface area contributed by atoms with Gasteiger partial charge in [-0.1, -0.05) is 12.1 Å². The largest absolute Gasteiger partial charge is 0.399 e. The minimum atomic E-state index is -4.41. The van der Waals surface area contributed by atoms with Crippen molar-refractivity contribution in [1.29, 1.82) is 0 Å². The van der Waals surface area contributed by atoms with Crippen molar-refractivity contribution < 1.29 is 18.1 Å². The predicted molar refractivity (Wildman–Crippen MR) is 47.2 cm³/mol. The quantitative estimate of drug-likeness (QED) is 0.565. The fourth-order valence-corrected chi connectivity index (χ4v) is 0.997. The van der Waals surface area contributed by atoms with E-state index < -0.39 is 17.0 Å². The molecule has 15 heavy (non-hydrogen) atoms. The van der Waals surface area contributed by atoms with Crippen LogP contribution in [0.1, 0.15) is 12.5 Å².